The van der Waals surface area contributed by atoms with Crippen LogP contribution in [-0.2, 0) is 0 Å². The Morgan fingerprint density at radius 1 is 1.39 bits per heavy atom. The number of rotatable bonds is 7. The number of hydrogen-bond acceptors (Lipinski definition) is 5. The van der Waals surface area contributed by atoms with Gasteiger partial charge in [0.15, 0.2) is 11.5 Å². The van der Waals surface area contributed by atoms with Crippen molar-refractivity contribution in [2.45, 2.75) is 26.9 Å². The minimum atomic E-state index is -0.802. The Hall–Kier alpha value is -3.11. The third-order valence-corrected chi connectivity index (χ3v) is 3.69. The first-order valence-electron chi connectivity index (χ1n) is 8.51. The molecule has 146 valence electrons. The maximum Gasteiger partial charge on any atom is 0.274 e. The Bertz CT molecular complexity index is 939. The van der Waals surface area contributed by atoms with E-state index in [0.29, 0.717) is 28.7 Å². The molecule has 0 bridgehead atoms. The van der Waals surface area contributed by atoms with Gasteiger partial charge < -0.3 is 9.47 Å². The van der Waals surface area contributed by atoms with Crippen molar-refractivity contribution in [3.8, 4) is 17.6 Å². The Balaban J connectivity index is 2.17. The van der Waals surface area contributed by atoms with E-state index in [1.54, 1.807) is 18.2 Å². The van der Waals surface area contributed by atoms with E-state index in [9.17, 15) is 9.18 Å². The van der Waals surface area contributed by atoms with Crippen molar-refractivity contribution in [1.29, 1.82) is 5.26 Å². The summed E-state index contributed by atoms with van der Waals surface area (Å²) in [6.07, 6.45) is 1.27. The number of nitrogens with one attached hydrogen (secondary N) is 1. The quantitative estimate of drug-likeness (QED) is 0.551. The number of nitrogens with zero attached hydrogens (tertiary/aromatic N) is 2. The predicted molar refractivity (Wildman–Crippen MR) is 105 cm³/mol. The molecule has 6 nitrogen and oxygen atoms in total. The van der Waals surface area contributed by atoms with Crippen LogP contribution in [0.25, 0.3) is 0 Å². The van der Waals surface area contributed by atoms with Crippen molar-refractivity contribution in [2.75, 3.05) is 6.61 Å². The third-order valence-electron chi connectivity index (χ3n) is 3.41. The van der Waals surface area contributed by atoms with Crippen LogP contribution in [0.4, 0.5) is 4.39 Å². The van der Waals surface area contributed by atoms with E-state index in [4.69, 9.17) is 26.3 Å². The summed E-state index contributed by atoms with van der Waals surface area (Å²) in [5.41, 5.74) is 2.70. The molecule has 0 aliphatic heterocycles. The third kappa shape index (κ3) is 5.44. The van der Waals surface area contributed by atoms with Gasteiger partial charge in [-0.2, -0.15) is 10.4 Å². The molecule has 0 atom stereocenters. The maximum atomic E-state index is 13.9. The summed E-state index contributed by atoms with van der Waals surface area (Å²) in [4.78, 5) is 12.0. The van der Waals surface area contributed by atoms with Crippen molar-refractivity contribution in [1.82, 2.24) is 5.43 Å². The summed E-state index contributed by atoms with van der Waals surface area (Å²) >= 11 is 6.27. The smallest absolute Gasteiger partial charge is 0.274 e. The van der Waals surface area contributed by atoms with Crippen LogP contribution >= 0.6 is 11.6 Å². The second-order valence-corrected chi connectivity index (χ2v) is 6.34. The molecule has 0 heterocycles. The van der Waals surface area contributed by atoms with Gasteiger partial charge >= 0.3 is 0 Å². The Morgan fingerprint density at radius 2 is 2.14 bits per heavy atom. The molecule has 0 saturated carbocycles. The number of carbonyl (C=O) groups is 1. The number of benzene rings is 2. The first-order valence-corrected chi connectivity index (χ1v) is 8.89. The van der Waals surface area contributed by atoms with Gasteiger partial charge in [0, 0.05) is 0 Å². The first kappa shape index (κ1) is 21.2. The molecule has 0 unspecified atom stereocenters. The zero-order valence-corrected chi connectivity index (χ0v) is 16.4. The van der Waals surface area contributed by atoms with Crippen molar-refractivity contribution in [2.24, 2.45) is 5.10 Å². The number of halogens is 2. The standard InChI is InChI=1S/C20H19ClFN3O3/c1-4-27-18-9-14(7-16(21)19(18)28-12(2)3)11-24-25-20(26)15-6-5-13(10-23)8-17(15)22/h5-9,11-12H,4H2,1-3H3,(H,25,26)/b24-11-. The molecule has 0 aliphatic carbocycles. The van der Waals surface area contributed by atoms with Gasteiger partial charge in [0.2, 0.25) is 0 Å². The predicted octanol–water partition coefficient (Wildman–Crippen LogP) is 4.30. The summed E-state index contributed by atoms with van der Waals surface area (Å²) in [6.45, 7) is 6.00. The average molecular weight is 404 g/mol. The highest BCUT2D eigenvalue weighted by Gasteiger charge is 2.14. The number of ether oxygens (including phenoxy) is 2. The molecule has 0 fully saturated rings. The lowest BCUT2D eigenvalue weighted by Gasteiger charge is -2.16. The highest BCUT2D eigenvalue weighted by Crippen LogP contribution is 2.37. The second-order valence-electron chi connectivity index (χ2n) is 5.94. The summed E-state index contributed by atoms with van der Waals surface area (Å²) in [5, 5.41) is 12.9. The summed E-state index contributed by atoms with van der Waals surface area (Å²) in [7, 11) is 0. The van der Waals surface area contributed by atoms with Crippen LogP contribution in [0.5, 0.6) is 11.5 Å². The van der Waals surface area contributed by atoms with Gasteiger partial charge in [0.25, 0.3) is 5.91 Å². The Labute approximate surface area is 167 Å². The minimum absolute atomic E-state index is 0.0853. The number of carbonyl (C=O) groups excluding carboxylic acids is 1. The van der Waals surface area contributed by atoms with E-state index >= 15 is 0 Å². The van der Waals surface area contributed by atoms with E-state index in [2.05, 4.69) is 10.5 Å². The second kappa shape index (κ2) is 9.72. The highest BCUT2D eigenvalue weighted by molar-refractivity contribution is 6.32. The molecule has 1 amide bonds. The van der Waals surface area contributed by atoms with Gasteiger partial charge in [-0.3, -0.25) is 4.79 Å². The Morgan fingerprint density at radius 3 is 2.75 bits per heavy atom. The number of nitriles is 1. The Kier molecular flexibility index (Phi) is 7.36. The van der Waals surface area contributed by atoms with Gasteiger partial charge in [-0.05, 0) is 56.7 Å². The SMILES string of the molecule is CCOc1cc(/C=N\NC(=O)c2ccc(C#N)cc2F)cc(Cl)c1OC(C)C. The van der Waals surface area contributed by atoms with Crippen molar-refractivity contribution >= 4 is 23.7 Å². The molecule has 2 rings (SSSR count). The summed E-state index contributed by atoms with van der Waals surface area (Å²) < 4.78 is 25.1. The minimum Gasteiger partial charge on any atom is -0.490 e. The topological polar surface area (TPSA) is 83.7 Å². The van der Waals surface area contributed by atoms with Crippen LogP contribution in [0.1, 0.15) is 42.3 Å². The van der Waals surface area contributed by atoms with Gasteiger partial charge in [-0.25, -0.2) is 9.82 Å². The van der Waals surface area contributed by atoms with Crippen LogP contribution in [0.2, 0.25) is 5.02 Å². The molecule has 28 heavy (non-hydrogen) atoms. The molecular formula is C20H19ClFN3O3. The normalized spacial score (nSPS) is 10.8. The fraction of sp³-hybridized carbons (Fsp3) is 0.250. The van der Waals surface area contributed by atoms with Gasteiger partial charge in [-0.15, -0.1) is 0 Å². The van der Waals surface area contributed by atoms with Gasteiger partial charge in [-0.1, -0.05) is 11.6 Å². The fourth-order valence-electron chi connectivity index (χ4n) is 2.27. The lowest BCUT2D eigenvalue weighted by molar-refractivity contribution is 0.0951. The fourth-order valence-corrected chi connectivity index (χ4v) is 2.53. The lowest BCUT2D eigenvalue weighted by Crippen LogP contribution is -2.19. The molecule has 2 aromatic rings. The van der Waals surface area contributed by atoms with Crippen molar-refractivity contribution < 1.29 is 18.7 Å². The van der Waals surface area contributed by atoms with E-state index in [0.717, 1.165) is 6.07 Å². The molecule has 0 saturated heterocycles. The zero-order chi connectivity index (χ0) is 20.7. The van der Waals surface area contributed by atoms with E-state index in [-0.39, 0.29) is 17.2 Å². The lowest BCUT2D eigenvalue weighted by atomic mass is 10.1. The number of hydrazone groups is 1. The number of hydrogen-bond donors (Lipinski definition) is 1. The zero-order valence-electron chi connectivity index (χ0n) is 15.6. The van der Waals surface area contributed by atoms with Crippen LogP contribution in [0, 0.1) is 17.1 Å². The highest BCUT2D eigenvalue weighted by atomic mass is 35.5. The van der Waals surface area contributed by atoms with Crippen molar-refractivity contribution in [3.05, 3.63) is 57.9 Å². The van der Waals surface area contributed by atoms with Crippen LogP contribution in [-0.4, -0.2) is 24.8 Å². The molecule has 0 aliphatic rings. The van der Waals surface area contributed by atoms with Crippen molar-refractivity contribution in [3.63, 3.8) is 0 Å². The average Bonchev–Trinajstić information content (AvgIpc) is 2.64. The molecular weight excluding hydrogens is 385 g/mol. The van der Waals surface area contributed by atoms with Gasteiger partial charge in [0.1, 0.15) is 5.82 Å². The van der Waals surface area contributed by atoms with Crippen LogP contribution in [0.3, 0.4) is 0 Å². The van der Waals surface area contributed by atoms with E-state index in [1.807, 2.05) is 20.8 Å². The van der Waals surface area contributed by atoms with Crippen LogP contribution < -0.4 is 14.9 Å². The molecule has 8 heteroatoms. The van der Waals surface area contributed by atoms with E-state index in [1.165, 1.54) is 18.3 Å². The van der Waals surface area contributed by atoms with Gasteiger partial charge in [0.05, 0.1) is 41.1 Å². The molecule has 2 aromatic carbocycles. The molecule has 1 N–H and O–H groups in total. The molecule has 0 aromatic heterocycles. The number of amides is 1. The summed E-state index contributed by atoms with van der Waals surface area (Å²) in [6, 6.07) is 8.64. The van der Waals surface area contributed by atoms with E-state index < -0.39 is 11.7 Å². The molecule has 0 spiro atoms. The summed E-state index contributed by atoms with van der Waals surface area (Å²) in [5.74, 6) is -0.660. The molecule has 0 radical (unpaired) electrons. The monoisotopic (exact) mass is 403 g/mol. The maximum absolute atomic E-state index is 13.9. The largest absolute Gasteiger partial charge is 0.490 e. The first-order chi connectivity index (χ1) is 13.3. The van der Waals surface area contributed by atoms with Crippen LogP contribution in [0.15, 0.2) is 35.4 Å².